The maximum Gasteiger partial charge on any atom is 0.316 e. The quantitative estimate of drug-likeness (QED) is 0.660. The molecule has 2 rings (SSSR count). The summed E-state index contributed by atoms with van der Waals surface area (Å²) in [5.41, 5.74) is 2.17. The van der Waals surface area contributed by atoms with Crippen molar-refractivity contribution in [2.45, 2.75) is 32.6 Å². The van der Waals surface area contributed by atoms with Crippen molar-refractivity contribution < 1.29 is 23.6 Å². The first-order valence-corrected chi connectivity index (χ1v) is 9.68. The molecule has 27 heavy (non-hydrogen) atoms. The molecule has 1 atom stereocenters. The number of halogens is 1. The minimum absolute atomic E-state index is 0.113. The number of methoxy groups -OCH3 is 1. The number of benzene rings is 1. The average Bonchev–Trinajstić information content (AvgIpc) is 2.93. The monoisotopic (exact) mass is 412 g/mol. The highest BCUT2D eigenvalue weighted by atomic mass is 35.5. The third-order valence-corrected chi connectivity index (χ3v) is 4.91. The van der Waals surface area contributed by atoms with Crippen LogP contribution in [0, 0.1) is 13.8 Å². The van der Waals surface area contributed by atoms with E-state index in [9.17, 15) is 9.59 Å². The number of rotatable bonds is 8. The normalized spacial score (nSPS) is 11.7. The summed E-state index contributed by atoms with van der Waals surface area (Å²) >= 11 is 7.31. The molecule has 0 fully saturated rings. The first-order valence-electron chi connectivity index (χ1n) is 8.15. The van der Waals surface area contributed by atoms with E-state index < -0.39 is 18.0 Å². The van der Waals surface area contributed by atoms with Crippen LogP contribution in [0.1, 0.15) is 23.9 Å². The molecule has 2 aromatic rings. The number of anilines is 1. The smallest absolute Gasteiger partial charge is 0.316 e. The molecule has 0 bridgehead atoms. The van der Waals surface area contributed by atoms with Gasteiger partial charge in [-0.3, -0.25) is 9.59 Å². The van der Waals surface area contributed by atoms with Crippen molar-refractivity contribution in [3.05, 3.63) is 40.2 Å². The Morgan fingerprint density at radius 1 is 1.37 bits per heavy atom. The maximum absolute atomic E-state index is 12.3. The van der Waals surface area contributed by atoms with Gasteiger partial charge in [-0.1, -0.05) is 16.8 Å². The number of nitrogens with one attached hydrogen (secondary N) is 1. The van der Waals surface area contributed by atoms with Crippen molar-refractivity contribution in [3.8, 4) is 5.75 Å². The number of thioether (sulfide) groups is 1. The van der Waals surface area contributed by atoms with Crippen LogP contribution in [0.25, 0.3) is 0 Å². The number of carbonyl (C=O) groups is 2. The summed E-state index contributed by atoms with van der Waals surface area (Å²) in [6.07, 6.45) is -0.958. The molecule has 1 aromatic heterocycles. The Bertz CT molecular complexity index is 805. The van der Waals surface area contributed by atoms with E-state index in [1.54, 1.807) is 18.2 Å². The van der Waals surface area contributed by atoms with Crippen LogP contribution in [0.4, 0.5) is 5.69 Å². The van der Waals surface area contributed by atoms with Crippen molar-refractivity contribution in [1.82, 2.24) is 5.16 Å². The largest absolute Gasteiger partial charge is 0.495 e. The maximum atomic E-state index is 12.3. The fourth-order valence-corrected chi connectivity index (χ4v) is 3.37. The van der Waals surface area contributed by atoms with Gasteiger partial charge in [-0.2, -0.15) is 0 Å². The zero-order valence-electron chi connectivity index (χ0n) is 15.5. The first kappa shape index (κ1) is 21.1. The lowest BCUT2D eigenvalue weighted by Gasteiger charge is -2.15. The summed E-state index contributed by atoms with van der Waals surface area (Å²) in [4.78, 5) is 24.2. The molecule has 1 N–H and O–H groups in total. The Hall–Kier alpha value is -2.19. The molecule has 9 heteroatoms. The van der Waals surface area contributed by atoms with Crippen LogP contribution >= 0.6 is 23.4 Å². The Morgan fingerprint density at radius 3 is 2.74 bits per heavy atom. The van der Waals surface area contributed by atoms with E-state index in [1.165, 1.54) is 25.8 Å². The zero-order chi connectivity index (χ0) is 20.0. The van der Waals surface area contributed by atoms with Crippen LogP contribution in [0.5, 0.6) is 5.75 Å². The fourth-order valence-electron chi connectivity index (χ4n) is 2.24. The predicted molar refractivity (Wildman–Crippen MR) is 104 cm³/mol. The highest BCUT2D eigenvalue weighted by Gasteiger charge is 2.20. The SMILES string of the molecule is COc1ccc(Cl)cc1NC(=O)[C@H](C)OC(=O)CSCc1c(C)noc1C. The number of aromatic nitrogens is 1. The van der Waals surface area contributed by atoms with Crippen molar-refractivity contribution >= 4 is 40.9 Å². The van der Waals surface area contributed by atoms with Gasteiger partial charge in [0, 0.05) is 16.3 Å². The molecule has 0 saturated carbocycles. The Kier molecular flexibility index (Phi) is 7.55. The molecule has 7 nitrogen and oxygen atoms in total. The van der Waals surface area contributed by atoms with Crippen LogP contribution in [-0.4, -0.2) is 36.0 Å². The van der Waals surface area contributed by atoms with Crippen molar-refractivity contribution in [2.24, 2.45) is 0 Å². The Morgan fingerprint density at radius 2 is 2.11 bits per heavy atom. The van der Waals surface area contributed by atoms with Crippen molar-refractivity contribution in [1.29, 1.82) is 0 Å². The summed E-state index contributed by atoms with van der Waals surface area (Å²) < 4.78 is 15.4. The minimum Gasteiger partial charge on any atom is -0.495 e. The Labute approximate surface area is 166 Å². The number of ether oxygens (including phenoxy) is 2. The van der Waals surface area contributed by atoms with Crippen LogP contribution in [0.15, 0.2) is 22.7 Å². The summed E-state index contributed by atoms with van der Waals surface area (Å²) in [7, 11) is 1.48. The van der Waals surface area contributed by atoms with Gasteiger partial charge in [0.15, 0.2) is 6.10 Å². The number of hydrogen-bond acceptors (Lipinski definition) is 7. The molecule has 0 radical (unpaired) electrons. The van der Waals surface area contributed by atoms with Gasteiger partial charge in [-0.05, 0) is 39.0 Å². The van der Waals surface area contributed by atoms with E-state index in [0.717, 1.165) is 17.0 Å². The van der Waals surface area contributed by atoms with Crippen molar-refractivity contribution in [2.75, 3.05) is 18.2 Å². The predicted octanol–water partition coefficient (Wildman–Crippen LogP) is 3.76. The summed E-state index contributed by atoms with van der Waals surface area (Å²) in [6, 6.07) is 4.85. The van der Waals surface area contributed by atoms with E-state index >= 15 is 0 Å². The second-order valence-electron chi connectivity index (χ2n) is 5.76. The van der Waals surface area contributed by atoms with Crippen LogP contribution in [0.3, 0.4) is 0 Å². The number of carbonyl (C=O) groups excluding carboxylic acids is 2. The highest BCUT2D eigenvalue weighted by Crippen LogP contribution is 2.28. The lowest BCUT2D eigenvalue weighted by atomic mass is 10.2. The molecular formula is C18H21ClN2O5S. The standard InChI is InChI=1S/C18H21ClN2O5S/c1-10-14(11(2)26-21-10)8-27-9-17(22)25-12(3)18(23)20-15-7-13(19)5-6-16(15)24-4/h5-7,12H,8-9H2,1-4H3,(H,20,23)/t12-/m0/s1. The third-order valence-electron chi connectivity index (χ3n) is 3.74. The van der Waals surface area contributed by atoms with Gasteiger partial charge in [0.25, 0.3) is 5.91 Å². The highest BCUT2D eigenvalue weighted by molar-refractivity contribution is 7.99. The minimum atomic E-state index is -0.958. The van der Waals surface area contributed by atoms with E-state index in [0.29, 0.717) is 22.2 Å². The number of aryl methyl sites for hydroxylation is 2. The fraction of sp³-hybridized carbons (Fsp3) is 0.389. The van der Waals surface area contributed by atoms with Gasteiger partial charge in [0.2, 0.25) is 0 Å². The van der Waals surface area contributed by atoms with Crippen LogP contribution in [-0.2, 0) is 20.1 Å². The van der Waals surface area contributed by atoms with Gasteiger partial charge in [0.1, 0.15) is 11.5 Å². The zero-order valence-corrected chi connectivity index (χ0v) is 17.1. The first-order chi connectivity index (χ1) is 12.8. The van der Waals surface area contributed by atoms with E-state index in [2.05, 4.69) is 10.5 Å². The van der Waals surface area contributed by atoms with Gasteiger partial charge in [-0.15, -0.1) is 11.8 Å². The van der Waals surface area contributed by atoms with E-state index in [1.807, 2.05) is 13.8 Å². The molecule has 1 amide bonds. The van der Waals surface area contributed by atoms with E-state index in [-0.39, 0.29) is 5.75 Å². The molecule has 0 unspecified atom stereocenters. The topological polar surface area (TPSA) is 90.7 Å². The lowest BCUT2D eigenvalue weighted by molar-refractivity contribution is -0.150. The van der Waals surface area contributed by atoms with Gasteiger partial charge >= 0.3 is 5.97 Å². The average molecular weight is 413 g/mol. The molecule has 1 aromatic carbocycles. The summed E-state index contributed by atoms with van der Waals surface area (Å²) in [6.45, 7) is 5.18. The lowest BCUT2D eigenvalue weighted by Crippen LogP contribution is -2.30. The van der Waals surface area contributed by atoms with Crippen LogP contribution in [0.2, 0.25) is 5.02 Å². The molecule has 146 valence electrons. The molecular weight excluding hydrogens is 392 g/mol. The second kappa shape index (κ2) is 9.66. The summed E-state index contributed by atoms with van der Waals surface area (Å²) in [5, 5.41) is 6.97. The van der Waals surface area contributed by atoms with Gasteiger partial charge < -0.3 is 19.3 Å². The van der Waals surface area contributed by atoms with Crippen LogP contribution < -0.4 is 10.1 Å². The van der Waals surface area contributed by atoms with E-state index in [4.69, 9.17) is 25.6 Å². The number of nitrogens with zero attached hydrogens (tertiary/aromatic N) is 1. The number of amides is 1. The van der Waals surface area contributed by atoms with Gasteiger partial charge in [0.05, 0.1) is 24.2 Å². The number of esters is 1. The third kappa shape index (κ3) is 5.90. The molecule has 0 aliphatic rings. The summed E-state index contributed by atoms with van der Waals surface area (Å²) in [5.74, 6) is 0.934. The Balaban J connectivity index is 1.83. The molecule has 0 aliphatic heterocycles. The van der Waals surface area contributed by atoms with Crippen molar-refractivity contribution in [3.63, 3.8) is 0 Å². The molecule has 0 saturated heterocycles. The molecule has 1 heterocycles. The molecule has 0 spiro atoms. The molecule has 0 aliphatic carbocycles. The second-order valence-corrected chi connectivity index (χ2v) is 7.18. The van der Waals surface area contributed by atoms with Gasteiger partial charge in [-0.25, -0.2) is 0 Å². The number of hydrogen-bond donors (Lipinski definition) is 1.